The van der Waals surface area contributed by atoms with Gasteiger partial charge in [0, 0.05) is 6.54 Å². The molecular weight excluding hydrogens is 246 g/mol. The van der Waals surface area contributed by atoms with E-state index >= 15 is 0 Å². The molecule has 2 rings (SSSR count). The van der Waals surface area contributed by atoms with Crippen LogP contribution in [0.25, 0.3) is 0 Å². The third-order valence-corrected chi connectivity index (χ3v) is 3.26. The first-order valence-corrected chi connectivity index (χ1v) is 6.28. The number of rotatable bonds is 5. The lowest BCUT2D eigenvalue weighted by molar-refractivity contribution is -0.137. The summed E-state index contributed by atoms with van der Waals surface area (Å²) >= 11 is 0. The van der Waals surface area contributed by atoms with E-state index in [1.54, 1.807) is 19.1 Å². The zero-order valence-corrected chi connectivity index (χ0v) is 10.8. The average Bonchev–Trinajstić information content (AvgIpc) is 3.14. The largest absolute Gasteiger partial charge is 0.507 e. The average molecular weight is 263 g/mol. The summed E-state index contributed by atoms with van der Waals surface area (Å²) in [6, 6.07) is 4.90. The number of phenols is 1. The molecule has 1 aliphatic rings. The molecule has 0 atom stereocenters. The van der Waals surface area contributed by atoms with Gasteiger partial charge in [-0.2, -0.15) is 0 Å². The van der Waals surface area contributed by atoms with Gasteiger partial charge >= 0.3 is 5.97 Å². The number of hydrogen-bond donors (Lipinski definition) is 2. The third kappa shape index (κ3) is 3.24. The SMILES string of the molecule is Cc1cccc(C(=O)N(CC(=O)O)CC2CC2)c1O. The predicted molar refractivity (Wildman–Crippen MR) is 69.1 cm³/mol. The van der Waals surface area contributed by atoms with Gasteiger partial charge < -0.3 is 15.1 Å². The molecule has 2 N–H and O–H groups in total. The number of carbonyl (C=O) groups excluding carboxylic acids is 1. The minimum atomic E-state index is -1.04. The normalized spacial score (nSPS) is 14.2. The number of aryl methyl sites for hydroxylation is 1. The van der Waals surface area contributed by atoms with Crippen molar-refractivity contribution in [2.24, 2.45) is 5.92 Å². The van der Waals surface area contributed by atoms with Gasteiger partial charge in [-0.25, -0.2) is 0 Å². The Morgan fingerprint density at radius 1 is 1.37 bits per heavy atom. The maximum absolute atomic E-state index is 12.3. The van der Waals surface area contributed by atoms with Gasteiger partial charge in [-0.1, -0.05) is 12.1 Å². The molecule has 1 fully saturated rings. The first-order chi connectivity index (χ1) is 8.99. The summed E-state index contributed by atoms with van der Waals surface area (Å²) in [5, 5.41) is 18.8. The summed E-state index contributed by atoms with van der Waals surface area (Å²) in [7, 11) is 0. The number of hydrogen-bond acceptors (Lipinski definition) is 3. The molecule has 5 nitrogen and oxygen atoms in total. The van der Waals surface area contributed by atoms with Crippen molar-refractivity contribution >= 4 is 11.9 Å². The van der Waals surface area contributed by atoms with Crippen molar-refractivity contribution in [2.75, 3.05) is 13.1 Å². The van der Waals surface area contributed by atoms with E-state index in [0.717, 1.165) is 12.8 Å². The molecule has 1 aromatic rings. The van der Waals surface area contributed by atoms with E-state index in [1.807, 2.05) is 0 Å². The van der Waals surface area contributed by atoms with Crippen LogP contribution in [0.5, 0.6) is 5.75 Å². The molecule has 0 aliphatic heterocycles. The van der Waals surface area contributed by atoms with Crippen LogP contribution in [0.4, 0.5) is 0 Å². The van der Waals surface area contributed by atoms with E-state index in [1.165, 1.54) is 11.0 Å². The highest BCUT2D eigenvalue weighted by atomic mass is 16.4. The molecule has 102 valence electrons. The molecule has 0 radical (unpaired) electrons. The molecular formula is C14H17NO4. The molecule has 0 aromatic heterocycles. The van der Waals surface area contributed by atoms with Gasteiger partial charge in [0.1, 0.15) is 12.3 Å². The summed E-state index contributed by atoms with van der Waals surface area (Å²) in [6.07, 6.45) is 2.06. The first-order valence-electron chi connectivity index (χ1n) is 6.28. The maximum Gasteiger partial charge on any atom is 0.323 e. The lowest BCUT2D eigenvalue weighted by Gasteiger charge is -2.21. The second kappa shape index (κ2) is 5.30. The van der Waals surface area contributed by atoms with Crippen LogP contribution in [0, 0.1) is 12.8 Å². The fourth-order valence-corrected chi connectivity index (χ4v) is 2.00. The van der Waals surface area contributed by atoms with E-state index in [4.69, 9.17) is 5.11 Å². The van der Waals surface area contributed by atoms with Crippen molar-refractivity contribution in [3.8, 4) is 5.75 Å². The van der Waals surface area contributed by atoms with Crippen molar-refractivity contribution in [1.82, 2.24) is 4.90 Å². The highest BCUT2D eigenvalue weighted by Crippen LogP contribution is 2.31. The number of amides is 1. The Morgan fingerprint density at radius 2 is 2.05 bits per heavy atom. The fourth-order valence-electron chi connectivity index (χ4n) is 2.00. The Kier molecular flexibility index (Phi) is 3.74. The van der Waals surface area contributed by atoms with Crippen LogP contribution >= 0.6 is 0 Å². The Hall–Kier alpha value is -2.04. The Balaban J connectivity index is 2.21. The molecule has 0 spiro atoms. The molecule has 5 heteroatoms. The molecule has 1 aromatic carbocycles. The Labute approximate surface area is 111 Å². The molecule has 0 saturated heterocycles. The highest BCUT2D eigenvalue weighted by molar-refractivity contribution is 5.98. The van der Waals surface area contributed by atoms with Crippen molar-refractivity contribution in [3.05, 3.63) is 29.3 Å². The van der Waals surface area contributed by atoms with Gasteiger partial charge in [-0.15, -0.1) is 0 Å². The quantitative estimate of drug-likeness (QED) is 0.846. The molecule has 0 bridgehead atoms. The number of carboxylic acids is 1. The summed E-state index contributed by atoms with van der Waals surface area (Å²) < 4.78 is 0. The number of aromatic hydroxyl groups is 1. The summed E-state index contributed by atoms with van der Waals surface area (Å²) in [5.74, 6) is -1.13. The predicted octanol–water partition coefficient (Wildman–Crippen LogP) is 1.64. The van der Waals surface area contributed by atoms with Crippen LogP contribution in [0.2, 0.25) is 0 Å². The number of carbonyl (C=O) groups is 2. The number of phenolic OH excluding ortho intramolecular Hbond substituents is 1. The molecule has 1 saturated carbocycles. The van der Waals surface area contributed by atoms with Gasteiger partial charge in [-0.05, 0) is 37.3 Å². The van der Waals surface area contributed by atoms with Crippen LogP contribution in [-0.4, -0.2) is 40.1 Å². The highest BCUT2D eigenvalue weighted by Gasteiger charge is 2.29. The van der Waals surface area contributed by atoms with Crippen molar-refractivity contribution < 1.29 is 19.8 Å². The zero-order valence-electron chi connectivity index (χ0n) is 10.8. The van der Waals surface area contributed by atoms with Gasteiger partial charge in [0.25, 0.3) is 5.91 Å². The first kappa shape index (κ1) is 13.4. The van der Waals surface area contributed by atoms with Crippen molar-refractivity contribution in [1.29, 1.82) is 0 Å². The third-order valence-electron chi connectivity index (χ3n) is 3.26. The summed E-state index contributed by atoms with van der Waals surface area (Å²) in [6.45, 7) is 1.82. The molecule has 1 amide bonds. The fraction of sp³-hybridized carbons (Fsp3) is 0.429. The number of nitrogens with zero attached hydrogens (tertiary/aromatic N) is 1. The van der Waals surface area contributed by atoms with E-state index in [0.29, 0.717) is 18.0 Å². The van der Waals surface area contributed by atoms with E-state index in [-0.39, 0.29) is 17.9 Å². The lowest BCUT2D eigenvalue weighted by Crippen LogP contribution is -2.37. The van der Waals surface area contributed by atoms with E-state index < -0.39 is 11.9 Å². The van der Waals surface area contributed by atoms with Gasteiger partial charge in [0.05, 0.1) is 5.56 Å². The van der Waals surface area contributed by atoms with Crippen LogP contribution in [-0.2, 0) is 4.79 Å². The lowest BCUT2D eigenvalue weighted by atomic mass is 10.1. The van der Waals surface area contributed by atoms with Crippen LogP contribution in [0.1, 0.15) is 28.8 Å². The minimum absolute atomic E-state index is 0.0707. The summed E-state index contributed by atoms with van der Waals surface area (Å²) in [4.78, 5) is 24.5. The van der Waals surface area contributed by atoms with Crippen LogP contribution in [0.15, 0.2) is 18.2 Å². The van der Waals surface area contributed by atoms with Crippen molar-refractivity contribution in [3.63, 3.8) is 0 Å². The topological polar surface area (TPSA) is 77.8 Å². The van der Waals surface area contributed by atoms with Gasteiger partial charge in [0.15, 0.2) is 0 Å². The van der Waals surface area contributed by atoms with Gasteiger partial charge in [0.2, 0.25) is 0 Å². The zero-order chi connectivity index (χ0) is 14.0. The van der Waals surface area contributed by atoms with E-state index in [9.17, 15) is 14.7 Å². The Morgan fingerprint density at radius 3 is 2.63 bits per heavy atom. The van der Waals surface area contributed by atoms with Crippen molar-refractivity contribution in [2.45, 2.75) is 19.8 Å². The monoisotopic (exact) mass is 263 g/mol. The molecule has 0 unspecified atom stereocenters. The van der Waals surface area contributed by atoms with Crippen LogP contribution < -0.4 is 0 Å². The maximum atomic E-state index is 12.3. The van der Waals surface area contributed by atoms with E-state index in [2.05, 4.69) is 0 Å². The number of carboxylic acid groups (broad SMARTS) is 1. The summed E-state index contributed by atoms with van der Waals surface area (Å²) in [5.41, 5.74) is 0.773. The molecule has 1 aliphatic carbocycles. The molecule has 19 heavy (non-hydrogen) atoms. The second-order valence-corrected chi connectivity index (χ2v) is 4.99. The number of aliphatic carboxylic acids is 1. The molecule has 0 heterocycles. The Bertz CT molecular complexity index is 508. The number of para-hydroxylation sites is 1. The van der Waals surface area contributed by atoms with Gasteiger partial charge in [-0.3, -0.25) is 9.59 Å². The standard InChI is InChI=1S/C14H17NO4/c1-9-3-2-4-11(13(9)18)14(19)15(8-12(16)17)7-10-5-6-10/h2-4,10,18H,5-8H2,1H3,(H,16,17). The van der Waals surface area contributed by atoms with Crippen LogP contribution in [0.3, 0.4) is 0 Å². The number of benzene rings is 1. The smallest absolute Gasteiger partial charge is 0.323 e. The second-order valence-electron chi connectivity index (χ2n) is 4.99. The minimum Gasteiger partial charge on any atom is -0.507 e.